The van der Waals surface area contributed by atoms with Crippen molar-refractivity contribution >= 4 is 5.78 Å². The van der Waals surface area contributed by atoms with Crippen LogP contribution in [0.25, 0.3) is 0 Å². The van der Waals surface area contributed by atoms with Gasteiger partial charge in [0, 0.05) is 11.8 Å². The van der Waals surface area contributed by atoms with Crippen molar-refractivity contribution in [1.82, 2.24) is 0 Å². The highest BCUT2D eigenvalue weighted by Crippen LogP contribution is 2.61. The number of allylic oxidation sites excluding steroid dienone is 3. The predicted octanol–water partition coefficient (Wildman–Crippen LogP) is 4.79. The summed E-state index contributed by atoms with van der Waals surface area (Å²) in [7, 11) is 0. The first-order chi connectivity index (χ1) is 13.8. The molecule has 1 saturated carbocycles. The van der Waals surface area contributed by atoms with Gasteiger partial charge >= 0.3 is 0 Å². The lowest BCUT2D eigenvalue weighted by Gasteiger charge is -2.41. The highest BCUT2D eigenvalue weighted by Gasteiger charge is 2.63. The number of ether oxygens (including phenoxy) is 2. The molecule has 2 aromatic rings. The summed E-state index contributed by atoms with van der Waals surface area (Å²) in [5.74, 6) is 0.0753. The van der Waals surface area contributed by atoms with Crippen molar-refractivity contribution < 1.29 is 14.3 Å². The number of carbonyl (C=O) groups is 1. The first-order valence-corrected chi connectivity index (χ1v) is 10.1. The third kappa shape index (κ3) is 2.27. The Balaban J connectivity index is 1.46. The fourth-order valence-corrected chi connectivity index (χ4v) is 5.73. The summed E-state index contributed by atoms with van der Waals surface area (Å²) in [6, 6.07) is 20.6. The third-order valence-electron chi connectivity index (χ3n) is 6.89. The van der Waals surface area contributed by atoms with Crippen LogP contribution in [0.4, 0.5) is 0 Å². The second kappa shape index (κ2) is 6.00. The molecule has 3 nitrogen and oxygen atoms in total. The van der Waals surface area contributed by atoms with Gasteiger partial charge < -0.3 is 9.47 Å². The first kappa shape index (κ1) is 16.5. The van der Waals surface area contributed by atoms with Crippen LogP contribution in [0.15, 0.2) is 85.0 Å². The highest BCUT2D eigenvalue weighted by molar-refractivity contribution is 5.94. The molecule has 28 heavy (non-hydrogen) atoms. The van der Waals surface area contributed by atoms with Crippen molar-refractivity contribution in [3.8, 4) is 0 Å². The van der Waals surface area contributed by atoms with E-state index in [9.17, 15) is 4.79 Å². The van der Waals surface area contributed by atoms with E-state index in [1.165, 1.54) is 0 Å². The lowest BCUT2D eigenvalue weighted by atomic mass is 9.72. The number of fused-ring (bicyclic) bond motifs is 6. The van der Waals surface area contributed by atoms with E-state index in [4.69, 9.17) is 9.47 Å². The lowest BCUT2D eigenvalue weighted by Crippen LogP contribution is -2.48. The zero-order valence-corrected chi connectivity index (χ0v) is 15.5. The Labute approximate surface area is 164 Å². The maximum Gasteiger partial charge on any atom is 0.194 e. The number of hydrogen-bond donors (Lipinski definition) is 0. The molecule has 0 N–H and O–H groups in total. The Morgan fingerprint density at radius 2 is 1.36 bits per heavy atom. The molecule has 2 bridgehead atoms. The Morgan fingerprint density at radius 3 is 1.96 bits per heavy atom. The zero-order valence-electron chi connectivity index (χ0n) is 15.5. The molecule has 140 valence electrons. The minimum Gasteiger partial charge on any atom is -0.335 e. The molecule has 4 aliphatic rings. The summed E-state index contributed by atoms with van der Waals surface area (Å²) in [6.45, 7) is 0. The summed E-state index contributed by atoms with van der Waals surface area (Å²) in [5.41, 5.74) is 2.21. The van der Waals surface area contributed by atoms with E-state index in [1.807, 2.05) is 42.5 Å². The fourth-order valence-electron chi connectivity index (χ4n) is 5.73. The molecule has 1 spiro atoms. The molecule has 6 rings (SSSR count). The van der Waals surface area contributed by atoms with E-state index in [0.717, 1.165) is 17.5 Å². The molecule has 1 saturated heterocycles. The van der Waals surface area contributed by atoms with Gasteiger partial charge in [-0.05, 0) is 41.5 Å². The summed E-state index contributed by atoms with van der Waals surface area (Å²) in [6.07, 6.45) is 8.70. The highest BCUT2D eigenvalue weighted by atomic mass is 16.8. The normalized spacial score (nSPS) is 40.4. The maximum atomic E-state index is 12.7. The molecule has 2 fully saturated rings. The number of benzene rings is 2. The van der Waals surface area contributed by atoms with Crippen LogP contribution in [-0.2, 0) is 14.3 Å². The molecule has 2 aromatic carbocycles. The van der Waals surface area contributed by atoms with Crippen LogP contribution < -0.4 is 0 Å². The molecule has 0 amide bonds. The largest absolute Gasteiger partial charge is 0.335 e. The molecule has 2 unspecified atom stereocenters. The Bertz CT molecular complexity index is 914. The molecule has 1 heterocycles. The van der Waals surface area contributed by atoms with E-state index in [2.05, 4.69) is 36.4 Å². The number of hydrogen-bond acceptors (Lipinski definition) is 3. The van der Waals surface area contributed by atoms with Gasteiger partial charge in [-0.15, -0.1) is 0 Å². The van der Waals surface area contributed by atoms with Gasteiger partial charge in [0.15, 0.2) is 11.6 Å². The van der Waals surface area contributed by atoms with Gasteiger partial charge in [-0.2, -0.15) is 0 Å². The van der Waals surface area contributed by atoms with Crippen LogP contribution in [0.3, 0.4) is 0 Å². The second-order valence-corrected chi connectivity index (χ2v) is 8.36. The van der Waals surface area contributed by atoms with Gasteiger partial charge in [0.2, 0.25) is 0 Å². The van der Waals surface area contributed by atoms with Crippen molar-refractivity contribution in [2.75, 3.05) is 0 Å². The van der Waals surface area contributed by atoms with Crippen LogP contribution in [0, 0.1) is 23.7 Å². The molecule has 0 aromatic heterocycles. The molecular formula is C25H22O3. The number of carbonyl (C=O) groups excluding carboxylic acids is 1. The van der Waals surface area contributed by atoms with Gasteiger partial charge in [-0.25, -0.2) is 0 Å². The Morgan fingerprint density at radius 1 is 0.786 bits per heavy atom. The van der Waals surface area contributed by atoms with Crippen LogP contribution in [0.2, 0.25) is 0 Å². The van der Waals surface area contributed by atoms with Crippen LogP contribution in [0.5, 0.6) is 0 Å². The van der Waals surface area contributed by atoms with Crippen molar-refractivity contribution in [2.45, 2.75) is 24.4 Å². The fraction of sp³-hybridized carbons (Fsp3) is 0.320. The molecule has 3 heteroatoms. The first-order valence-electron chi connectivity index (χ1n) is 10.1. The Kier molecular flexibility index (Phi) is 3.53. The van der Waals surface area contributed by atoms with Gasteiger partial charge in [0.1, 0.15) is 12.2 Å². The van der Waals surface area contributed by atoms with Crippen LogP contribution in [0.1, 0.15) is 29.8 Å². The minimum atomic E-state index is -0.843. The minimum absolute atomic E-state index is 0.0223. The van der Waals surface area contributed by atoms with Gasteiger partial charge in [-0.1, -0.05) is 72.8 Å². The van der Waals surface area contributed by atoms with Gasteiger partial charge in [0.25, 0.3) is 0 Å². The molecule has 6 atom stereocenters. The Hall–Kier alpha value is -2.49. The van der Waals surface area contributed by atoms with Crippen molar-refractivity contribution in [2.24, 2.45) is 23.7 Å². The quantitative estimate of drug-likeness (QED) is 0.713. The van der Waals surface area contributed by atoms with Gasteiger partial charge in [0.05, 0.1) is 0 Å². The summed E-state index contributed by atoms with van der Waals surface area (Å²) in [4.78, 5) is 12.7. The predicted molar refractivity (Wildman–Crippen MR) is 105 cm³/mol. The second-order valence-electron chi connectivity index (χ2n) is 8.36. The molecule has 1 aliphatic heterocycles. The molecule has 3 aliphatic carbocycles. The van der Waals surface area contributed by atoms with E-state index < -0.39 is 5.79 Å². The van der Waals surface area contributed by atoms with E-state index in [-0.39, 0.29) is 29.8 Å². The molecule has 0 radical (unpaired) electrons. The lowest BCUT2D eigenvalue weighted by molar-refractivity contribution is -0.196. The SMILES string of the molecule is O=C1C=CC2(OC(c3ccccc3)C(c3ccccc3)O2)[C@@H]2[C@H]1[C@@H]1C=C[C@H]2C1. The van der Waals surface area contributed by atoms with E-state index in [1.54, 1.807) is 6.08 Å². The average Bonchev–Trinajstić information content (AvgIpc) is 3.47. The molecular weight excluding hydrogens is 348 g/mol. The topological polar surface area (TPSA) is 35.5 Å². The number of rotatable bonds is 2. The maximum absolute atomic E-state index is 12.7. The smallest absolute Gasteiger partial charge is 0.194 e. The van der Waals surface area contributed by atoms with Crippen LogP contribution in [-0.4, -0.2) is 11.6 Å². The monoisotopic (exact) mass is 370 g/mol. The van der Waals surface area contributed by atoms with E-state index >= 15 is 0 Å². The van der Waals surface area contributed by atoms with Crippen LogP contribution >= 0.6 is 0 Å². The standard InChI is InChI=1S/C25H22O3/c26-20-13-14-25(22-19-12-11-18(15-19)21(20)22)27-23(16-7-3-1-4-8-16)24(28-25)17-9-5-2-6-10-17/h1-14,18-19,21-24H,15H2/t18-,19+,21+,22+,23?,24?,25?/m1/s1. The average molecular weight is 370 g/mol. The number of ketones is 1. The van der Waals surface area contributed by atoms with Crippen molar-refractivity contribution in [3.63, 3.8) is 0 Å². The zero-order chi connectivity index (χ0) is 18.7. The summed E-state index contributed by atoms with van der Waals surface area (Å²) >= 11 is 0. The van der Waals surface area contributed by atoms with Crippen molar-refractivity contribution in [3.05, 3.63) is 96.1 Å². The van der Waals surface area contributed by atoms with Gasteiger partial charge in [-0.3, -0.25) is 4.79 Å². The third-order valence-corrected chi connectivity index (χ3v) is 6.89. The van der Waals surface area contributed by atoms with Crippen molar-refractivity contribution in [1.29, 1.82) is 0 Å². The summed E-state index contributed by atoms with van der Waals surface area (Å²) in [5, 5.41) is 0. The summed E-state index contributed by atoms with van der Waals surface area (Å²) < 4.78 is 13.5. The van der Waals surface area contributed by atoms with E-state index in [0.29, 0.717) is 11.8 Å².